The SMILES string of the molecule is CC(CCc1ccc(O)cc1)CC(CN)C(=O)O. The number of benzene rings is 1. The molecule has 0 heterocycles. The molecule has 0 aliphatic heterocycles. The molecule has 1 aromatic carbocycles. The van der Waals surface area contributed by atoms with Gasteiger partial charge in [0.1, 0.15) is 5.75 Å². The lowest BCUT2D eigenvalue weighted by Gasteiger charge is -2.16. The normalized spacial score (nSPS) is 14.1. The quantitative estimate of drug-likeness (QED) is 0.692. The Morgan fingerprint density at radius 3 is 2.44 bits per heavy atom. The molecule has 4 nitrogen and oxygen atoms in total. The van der Waals surface area contributed by atoms with Crippen LogP contribution in [0.3, 0.4) is 0 Å². The van der Waals surface area contributed by atoms with Crippen molar-refractivity contribution in [2.75, 3.05) is 6.54 Å². The summed E-state index contributed by atoms with van der Waals surface area (Å²) in [6.45, 7) is 2.24. The first-order valence-corrected chi connectivity index (χ1v) is 6.23. The Balaban J connectivity index is 2.38. The third-order valence-corrected chi connectivity index (χ3v) is 3.18. The number of rotatable bonds is 7. The molecule has 0 aliphatic carbocycles. The van der Waals surface area contributed by atoms with Crippen LogP contribution in [0.25, 0.3) is 0 Å². The van der Waals surface area contributed by atoms with E-state index in [9.17, 15) is 4.79 Å². The van der Waals surface area contributed by atoms with Crippen LogP contribution in [0.15, 0.2) is 24.3 Å². The standard InChI is InChI=1S/C14H21NO3/c1-10(8-12(9-15)14(17)18)2-3-11-4-6-13(16)7-5-11/h4-7,10,12,16H,2-3,8-9,15H2,1H3,(H,17,18). The Kier molecular flexibility index (Phi) is 5.65. The monoisotopic (exact) mass is 251 g/mol. The molecule has 1 rings (SSSR count). The summed E-state index contributed by atoms with van der Waals surface area (Å²) < 4.78 is 0. The summed E-state index contributed by atoms with van der Waals surface area (Å²) in [6.07, 6.45) is 2.43. The number of hydrogen-bond acceptors (Lipinski definition) is 3. The second-order valence-electron chi connectivity index (χ2n) is 4.82. The van der Waals surface area contributed by atoms with Crippen molar-refractivity contribution in [3.05, 3.63) is 29.8 Å². The molecule has 0 radical (unpaired) electrons. The van der Waals surface area contributed by atoms with Crippen LogP contribution in [0.4, 0.5) is 0 Å². The molecule has 0 aromatic heterocycles. The fourth-order valence-electron chi connectivity index (χ4n) is 1.98. The highest BCUT2D eigenvalue weighted by atomic mass is 16.4. The summed E-state index contributed by atoms with van der Waals surface area (Å²) in [6, 6.07) is 7.11. The van der Waals surface area contributed by atoms with Gasteiger partial charge in [-0.15, -0.1) is 0 Å². The largest absolute Gasteiger partial charge is 0.508 e. The van der Waals surface area contributed by atoms with Crippen LogP contribution in [0, 0.1) is 11.8 Å². The first-order valence-electron chi connectivity index (χ1n) is 6.23. The molecule has 0 aliphatic rings. The number of carboxylic acids is 1. The van der Waals surface area contributed by atoms with Gasteiger partial charge in [-0.2, -0.15) is 0 Å². The van der Waals surface area contributed by atoms with Crippen LogP contribution in [0.1, 0.15) is 25.3 Å². The van der Waals surface area contributed by atoms with Gasteiger partial charge in [-0.3, -0.25) is 4.79 Å². The van der Waals surface area contributed by atoms with Gasteiger partial charge in [0, 0.05) is 6.54 Å². The van der Waals surface area contributed by atoms with E-state index in [0.717, 1.165) is 18.4 Å². The molecule has 100 valence electrons. The molecule has 2 atom stereocenters. The molecule has 18 heavy (non-hydrogen) atoms. The number of nitrogens with two attached hydrogens (primary N) is 1. The van der Waals surface area contributed by atoms with Gasteiger partial charge in [-0.1, -0.05) is 19.1 Å². The van der Waals surface area contributed by atoms with Crippen molar-refractivity contribution in [3.63, 3.8) is 0 Å². The summed E-state index contributed by atoms with van der Waals surface area (Å²) in [5.41, 5.74) is 6.59. The lowest BCUT2D eigenvalue weighted by atomic mass is 9.91. The minimum Gasteiger partial charge on any atom is -0.508 e. The van der Waals surface area contributed by atoms with Gasteiger partial charge >= 0.3 is 5.97 Å². The highest BCUT2D eigenvalue weighted by molar-refractivity contribution is 5.70. The van der Waals surface area contributed by atoms with Crippen molar-refractivity contribution in [2.24, 2.45) is 17.6 Å². The zero-order valence-electron chi connectivity index (χ0n) is 10.7. The molecule has 0 saturated heterocycles. The van der Waals surface area contributed by atoms with Crippen molar-refractivity contribution in [2.45, 2.75) is 26.2 Å². The van der Waals surface area contributed by atoms with Gasteiger partial charge in [0.05, 0.1) is 5.92 Å². The number of phenols is 1. The smallest absolute Gasteiger partial charge is 0.307 e. The maximum absolute atomic E-state index is 10.9. The molecule has 0 amide bonds. The van der Waals surface area contributed by atoms with Crippen molar-refractivity contribution in [1.82, 2.24) is 0 Å². The van der Waals surface area contributed by atoms with Crippen molar-refractivity contribution in [3.8, 4) is 5.75 Å². The molecule has 0 spiro atoms. The topological polar surface area (TPSA) is 83.5 Å². The van der Waals surface area contributed by atoms with E-state index in [0.29, 0.717) is 12.3 Å². The van der Waals surface area contributed by atoms with Gasteiger partial charge in [-0.25, -0.2) is 0 Å². The van der Waals surface area contributed by atoms with E-state index in [1.807, 2.05) is 19.1 Å². The Morgan fingerprint density at radius 2 is 1.94 bits per heavy atom. The fraction of sp³-hybridized carbons (Fsp3) is 0.500. The summed E-state index contributed by atoms with van der Waals surface area (Å²) in [5, 5.41) is 18.1. The second kappa shape index (κ2) is 7.01. The average molecular weight is 251 g/mol. The summed E-state index contributed by atoms with van der Waals surface area (Å²) in [4.78, 5) is 10.9. The number of phenolic OH excluding ortho intramolecular Hbond substituents is 1. The summed E-state index contributed by atoms with van der Waals surface area (Å²) in [7, 11) is 0. The van der Waals surface area contributed by atoms with Crippen molar-refractivity contribution < 1.29 is 15.0 Å². The molecule has 0 bridgehead atoms. The lowest BCUT2D eigenvalue weighted by Crippen LogP contribution is -2.25. The van der Waals surface area contributed by atoms with E-state index in [4.69, 9.17) is 15.9 Å². The highest BCUT2D eigenvalue weighted by Gasteiger charge is 2.18. The zero-order chi connectivity index (χ0) is 13.5. The number of aromatic hydroxyl groups is 1. The maximum atomic E-state index is 10.9. The number of carboxylic acid groups (broad SMARTS) is 1. The van der Waals surface area contributed by atoms with E-state index in [1.165, 1.54) is 0 Å². The Morgan fingerprint density at radius 1 is 1.33 bits per heavy atom. The average Bonchev–Trinajstić information content (AvgIpc) is 2.35. The predicted octanol–water partition coefficient (Wildman–Crippen LogP) is 2.01. The van der Waals surface area contributed by atoms with Crippen LogP contribution < -0.4 is 5.73 Å². The van der Waals surface area contributed by atoms with E-state index in [1.54, 1.807) is 12.1 Å². The molecule has 1 aromatic rings. The minimum atomic E-state index is -0.811. The van der Waals surface area contributed by atoms with Gasteiger partial charge in [0.25, 0.3) is 0 Å². The number of hydrogen-bond donors (Lipinski definition) is 3. The van der Waals surface area contributed by atoms with Gasteiger partial charge in [0.15, 0.2) is 0 Å². The molecule has 4 N–H and O–H groups in total. The van der Waals surface area contributed by atoms with E-state index < -0.39 is 11.9 Å². The van der Waals surface area contributed by atoms with Crippen LogP contribution in [0.2, 0.25) is 0 Å². The molecule has 0 saturated carbocycles. The summed E-state index contributed by atoms with van der Waals surface area (Å²) in [5.74, 6) is -0.668. The third kappa shape index (κ3) is 4.75. The minimum absolute atomic E-state index is 0.193. The van der Waals surface area contributed by atoms with Crippen LogP contribution in [-0.4, -0.2) is 22.7 Å². The Labute approximate surface area is 107 Å². The number of aryl methyl sites for hydroxylation is 1. The summed E-state index contributed by atoms with van der Waals surface area (Å²) >= 11 is 0. The maximum Gasteiger partial charge on any atom is 0.307 e. The van der Waals surface area contributed by atoms with Gasteiger partial charge in [-0.05, 0) is 42.9 Å². The first kappa shape index (κ1) is 14.5. The number of aliphatic carboxylic acids is 1. The Hall–Kier alpha value is -1.55. The second-order valence-corrected chi connectivity index (χ2v) is 4.82. The molecule has 2 unspecified atom stereocenters. The molecular formula is C14H21NO3. The lowest BCUT2D eigenvalue weighted by molar-refractivity contribution is -0.141. The zero-order valence-corrected chi connectivity index (χ0v) is 10.7. The molecular weight excluding hydrogens is 230 g/mol. The van der Waals surface area contributed by atoms with Gasteiger partial charge in [0.2, 0.25) is 0 Å². The molecule has 0 fully saturated rings. The van der Waals surface area contributed by atoms with E-state index in [-0.39, 0.29) is 12.3 Å². The fourth-order valence-corrected chi connectivity index (χ4v) is 1.98. The molecule has 4 heteroatoms. The van der Waals surface area contributed by atoms with Gasteiger partial charge < -0.3 is 15.9 Å². The van der Waals surface area contributed by atoms with E-state index in [2.05, 4.69) is 0 Å². The van der Waals surface area contributed by atoms with Crippen LogP contribution in [0.5, 0.6) is 5.75 Å². The first-order chi connectivity index (χ1) is 8.52. The highest BCUT2D eigenvalue weighted by Crippen LogP contribution is 2.19. The third-order valence-electron chi connectivity index (χ3n) is 3.18. The van der Waals surface area contributed by atoms with Crippen LogP contribution in [-0.2, 0) is 11.2 Å². The van der Waals surface area contributed by atoms with Crippen LogP contribution >= 0.6 is 0 Å². The van der Waals surface area contributed by atoms with E-state index >= 15 is 0 Å². The van der Waals surface area contributed by atoms with Crippen molar-refractivity contribution in [1.29, 1.82) is 0 Å². The van der Waals surface area contributed by atoms with Crippen molar-refractivity contribution >= 4 is 5.97 Å². The number of carbonyl (C=O) groups is 1. The predicted molar refractivity (Wildman–Crippen MR) is 70.4 cm³/mol. The Bertz CT molecular complexity index is 375.